The summed E-state index contributed by atoms with van der Waals surface area (Å²) < 4.78 is 10.7. The molecular formula is C25H22N2O4. The molecule has 6 heteroatoms. The molecular weight excluding hydrogens is 392 g/mol. The smallest absolute Gasteiger partial charge is 0.282 e. The Hall–Kier alpha value is -4.06. The molecule has 3 aromatic rings. The van der Waals surface area contributed by atoms with E-state index in [0.717, 1.165) is 0 Å². The first-order valence-corrected chi connectivity index (χ1v) is 9.94. The van der Waals surface area contributed by atoms with Gasteiger partial charge >= 0.3 is 0 Å². The van der Waals surface area contributed by atoms with Gasteiger partial charge in [0.15, 0.2) is 0 Å². The van der Waals surface area contributed by atoms with Crippen LogP contribution in [0.2, 0.25) is 0 Å². The lowest BCUT2D eigenvalue weighted by Gasteiger charge is -2.15. The number of benzene rings is 3. The Bertz CT molecular complexity index is 1120. The molecule has 0 bridgehead atoms. The van der Waals surface area contributed by atoms with E-state index in [0.29, 0.717) is 40.6 Å². The Morgan fingerprint density at radius 2 is 1.45 bits per heavy atom. The number of para-hydroxylation sites is 1. The molecule has 0 aliphatic carbocycles. The number of methoxy groups -OCH3 is 1. The van der Waals surface area contributed by atoms with Crippen LogP contribution in [0.5, 0.6) is 11.5 Å². The lowest BCUT2D eigenvalue weighted by atomic mass is 10.0. The summed E-state index contributed by atoms with van der Waals surface area (Å²) in [6.07, 6.45) is 0. The van der Waals surface area contributed by atoms with Crippen molar-refractivity contribution >= 4 is 28.8 Å². The van der Waals surface area contributed by atoms with Crippen LogP contribution in [0.15, 0.2) is 84.6 Å². The highest BCUT2D eigenvalue weighted by atomic mass is 16.5. The van der Waals surface area contributed by atoms with Crippen molar-refractivity contribution in [1.82, 2.24) is 0 Å². The van der Waals surface area contributed by atoms with Gasteiger partial charge in [-0.1, -0.05) is 30.3 Å². The summed E-state index contributed by atoms with van der Waals surface area (Å²) >= 11 is 0. The Balaban J connectivity index is 1.76. The number of imide groups is 1. The standard InChI is InChI=1S/C25H22N2O4/c1-3-31-21-13-9-17(10-14-21)22-23(26-18-11-15-20(30-2)16-12-18)25(29)27(24(22)28)19-7-5-4-6-8-19/h4-16,26H,3H2,1-2H3. The van der Waals surface area contributed by atoms with Crippen molar-refractivity contribution in [1.29, 1.82) is 0 Å². The molecule has 1 heterocycles. The zero-order valence-corrected chi connectivity index (χ0v) is 17.3. The summed E-state index contributed by atoms with van der Waals surface area (Å²) in [5.74, 6) is 0.617. The highest BCUT2D eigenvalue weighted by molar-refractivity contribution is 6.46. The van der Waals surface area contributed by atoms with Gasteiger partial charge in [-0.3, -0.25) is 9.59 Å². The van der Waals surface area contributed by atoms with Gasteiger partial charge in [0.2, 0.25) is 0 Å². The predicted molar refractivity (Wildman–Crippen MR) is 120 cm³/mol. The zero-order valence-electron chi connectivity index (χ0n) is 17.3. The van der Waals surface area contributed by atoms with Gasteiger partial charge in [0, 0.05) is 5.69 Å². The monoisotopic (exact) mass is 414 g/mol. The Kier molecular flexibility index (Phi) is 5.71. The summed E-state index contributed by atoms with van der Waals surface area (Å²) in [6, 6.07) is 23.2. The first-order valence-electron chi connectivity index (χ1n) is 9.94. The molecule has 2 amide bonds. The average molecular weight is 414 g/mol. The Labute approximate surface area is 180 Å². The second kappa shape index (κ2) is 8.75. The maximum Gasteiger partial charge on any atom is 0.282 e. The van der Waals surface area contributed by atoms with Crippen LogP contribution in [0.25, 0.3) is 5.57 Å². The summed E-state index contributed by atoms with van der Waals surface area (Å²) in [4.78, 5) is 27.9. The largest absolute Gasteiger partial charge is 0.497 e. The van der Waals surface area contributed by atoms with Crippen molar-refractivity contribution in [2.45, 2.75) is 6.92 Å². The van der Waals surface area contributed by atoms with Crippen LogP contribution in [-0.4, -0.2) is 25.5 Å². The fourth-order valence-corrected chi connectivity index (χ4v) is 3.43. The van der Waals surface area contributed by atoms with Gasteiger partial charge in [-0.2, -0.15) is 0 Å². The van der Waals surface area contributed by atoms with Crippen LogP contribution in [0, 0.1) is 0 Å². The lowest BCUT2D eigenvalue weighted by molar-refractivity contribution is -0.120. The van der Waals surface area contributed by atoms with E-state index in [4.69, 9.17) is 9.47 Å². The Morgan fingerprint density at radius 3 is 2.06 bits per heavy atom. The minimum Gasteiger partial charge on any atom is -0.497 e. The number of rotatable bonds is 7. The Morgan fingerprint density at radius 1 is 0.806 bits per heavy atom. The maximum absolute atomic E-state index is 13.4. The van der Waals surface area contributed by atoms with Gasteiger partial charge in [-0.25, -0.2) is 4.90 Å². The van der Waals surface area contributed by atoms with Gasteiger partial charge in [0.1, 0.15) is 17.2 Å². The number of amides is 2. The highest BCUT2D eigenvalue weighted by Crippen LogP contribution is 2.34. The van der Waals surface area contributed by atoms with Gasteiger partial charge in [0.05, 0.1) is 25.0 Å². The second-order valence-corrected chi connectivity index (χ2v) is 6.84. The topological polar surface area (TPSA) is 67.9 Å². The van der Waals surface area contributed by atoms with Crippen molar-refractivity contribution in [3.8, 4) is 11.5 Å². The normalized spacial score (nSPS) is 13.5. The second-order valence-electron chi connectivity index (χ2n) is 6.84. The fraction of sp³-hybridized carbons (Fsp3) is 0.120. The van der Waals surface area contributed by atoms with E-state index in [1.165, 1.54) is 4.90 Å². The SMILES string of the molecule is CCOc1ccc(C2=C(Nc3ccc(OC)cc3)C(=O)N(c3ccccc3)C2=O)cc1. The first kappa shape index (κ1) is 20.2. The molecule has 4 rings (SSSR count). The molecule has 0 unspecified atom stereocenters. The number of hydrogen-bond donors (Lipinski definition) is 1. The van der Waals surface area contributed by atoms with Crippen molar-refractivity contribution < 1.29 is 19.1 Å². The third-order valence-corrected chi connectivity index (χ3v) is 4.91. The molecule has 3 aromatic carbocycles. The van der Waals surface area contributed by atoms with Crippen LogP contribution >= 0.6 is 0 Å². The minimum absolute atomic E-state index is 0.225. The molecule has 0 saturated heterocycles. The van der Waals surface area contributed by atoms with E-state index in [1.807, 2.05) is 13.0 Å². The highest BCUT2D eigenvalue weighted by Gasteiger charge is 2.40. The van der Waals surface area contributed by atoms with Crippen LogP contribution in [0.3, 0.4) is 0 Å². The zero-order chi connectivity index (χ0) is 21.8. The number of ether oxygens (including phenoxy) is 2. The van der Waals surface area contributed by atoms with E-state index in [1.54, 1.807) is 79.9 Å². The van der Waals surface area contributed by atoms with Gasteiger partial charge < -0.3 is 14.8 Å². The van der Waals surface area contributed by atoms with Crippen molar-refractivity contribution in [2.75, 3.05) is 23.9 Å². The number of nitrogens with one attached hydrogen (secondary N) is 1. The molecule has 1 aliphatic heterocycles. The lowest BCUT2D eigenvalue weighted by Crippen LogP contribution is -2.32. The molecule has 6 nitrogen and oxygen atoms in total. The molecule has 0 radical (unpaired) electrons. The van der Waals surface area contributed by atoms with E-state index in [2.05, 4.69) is 5.32 Å². The first-order chi connectivity index (χ1) is 15.1. The molecule has 31 heavy (non-hydrogen) atoms. The van der Waals surface area contributed by atoms with Crippen molar-refractivity contribution in [2.24, 2.45) is 0 Å². The third kappa shape index (κ3) is 4.00. The predicted octanol–water partition coefficient (Wildman–Crippen LogP) is 4.49. The molecule has 0 aromatic heterocycles. The minimum atomic E-state index is -0.407. The van der Waals surface area contributed by atoms with Crippen LogP contribution in [-0.2, 0) is 9.59 Å². The molecule has 0 fully saturated rings. The van der Waals surface area contributed by atoms with E-state index in [9.17, 15) is 9.59 Å². The van der Waals surface area contributed by atoms with E-state index < -0.39 is 5.91 Å². The number of carbonyl (C=O) groups excluding carboxylic acids is 2. The summed E-state index contributed by atoms with van der Waals surface area (Å²) in [5.41, 5.74) is 2.37. The average Bonchev–Trinajstić information content (AvgIpc) is 3.05. The quantitative estimate of drug-likeness (QED) is 0.577. The number of anilines is 2. The van der Waals surface area contributed by atoms with Crippen LogP contribution < -0.4 is 19.7 Å². The third-order valence-electron chi connectivity index (χ3n) is 4.91. The summed E-state index contributed by atoms with van der Waals surface area (Å²) in [5, 5.41) is 3.14. The van der Waals surface area contributed by atoms with Gasteiger partial charge in [-0.15, -0.1) is 0 Å². The van der Waals surface area contributed by atoms with E-state index >= 15 is 0 Å². The number of nitrogens with zero attached hydrogens (tertiary/aromatic N) is 1. The van der Waals surface area contributed by atoms with Gasteiger partial charge in [-0.05, 0) is 61.0 Å². The molecule has 156 valence electrons. The van der Waals surface area contributed by atoms with Crippen molar-refractivity contribution in [3.05, 3.63) is 90.1 Å². The van der Waals surface area contributed by atoms with Crippen LogP contribution in [0.1, 0.15) is 12.5 Å². The van der Waals surface area contributed by atoms with Gasteiger partial charge in [0.25, 0.3) is 11.8 Å². The van der Waals surface area contributed by atoms with Crippen LogP contribution in [0.4, 0.5) is 11.4 Å². The number of carbonyl (C=O) groups is 2. The molecule has 0 spiro atoms. The molecule has 1 N–H and O–H groups in total. The van der Waals surface area contributed by atoms with E-state index in [-0.39, 0.29) is 11.6 Å². The fourth-order valence-electron chi connectivity index (χ4n) is 3.43. The molecule has 0 atom stereocenters. The molecule has 1 aliphatic rings. The van der Waals surface area contributed by atoms with Crippen molar-refractivity contribution in [3.63, 3.8) is 0 Å². The summed E-state index contributed by atoms with van der Waals surface area (Å²) in [6.45, 7) is 2.45. The summed E-state index contributed by atoms with van der Waals surface area (Å²) in [7, 11) is 1.59. The maximum atomic E-state index is 13.4. The molecule has 0 saturated carbocycles. The number of hydrogen-bond acceptors (Lipinski definition) is 5.